The van der Waals surface area contributed by atoms with Crippen LogP contribution in [0.2, 0.25) is 0 Å². The summed E-state index contributed by atoms with van der Waals surface area (Å²) in [7, 11) is 0. The summed E-state index contributed by atoms with van der Waals surface area (Å²) in [6.07, 6.45) is -0.224. The number of rotatable bonds is 3. The van der Waals surface area contributed by atoms with E-state index in [1.54, 1.807) is 20.8 Å². The molecule has 0 aromatic carbocycles. The highest BCUT2D eigenvalue weighted by Gasteiger charge is 2.17. The van der Waals surface area contributed by atoms with Gasteiger partial charge >= 0.3 is 17.9 Å². The van der Waals surface area contributed by atoms with Crippen LogP contribution in [0.4, 0.5) is 0 Å². The molecule has 0 N–H and O–H groups in total. The lowest BCUT2D eigenvalue weighted by molar-refractivity contribution is -0.162. The van der Waals surface area contributed by atoms with Crippen LogP contribution >= 0.6 is 0 Å². The van der Waals surface area contributed by atoms with Gasteiger partial charge in [0.15, 0.2) is 0 Å². The van der Waals surface area contributed by atoms with Gasteiger partial charge in [-0.1, -0.05) is 0 Å². The van der Waals surface area contributed by atoms with Crippen LogP contribution in [0.5, 0.6) is 0 Å². The van der Waals surface area contributed by atoms with Crippen LogP contribution in [0, 0.1) is 0 Å². The first-order chi connectivity index (χ1) is 6.70. The van der Waals surface area contributed by atoms with E-state index in [4.69, 9.17) is 4.74 Å². The molecule has 0 spiro atoms. The molecule has 0 unspecified atom stereocenters. The fourth-order valence-corrected chi connectivity index (χ4v) is 0.808. The summed E-state index contributed by atoms with van der Waals surface area (Å²) in [6.45, 7) is 6.34. The second-order valence-electron chi connectivity index (χ2n) is 4.05. The molecule has 15 heavy (non-hydrogen) atoms. The quantitative estimate of drug-likeness (QED) is 0.523. The first-order valence-corrected chi connectivity index (χ1v) is 4.64. The Morgan fingerprint density at radius 1 is 1.00 bits per heavy atom. The fraction of sp³-hybridized carbons (Fsp3) is 0.700. The molecule has 0 saturated carbocycles. The van der Waals surface area contributed by atoms with Crippen LogP contribution in [0.1, 0.15) is 40.5 Å². The Labute approximate surface area is 88.7 Å². The van der Waals surface area contributed by atoms with Crippen molar-refractivity contribution in [2.24, 2.45) is 0 Å². The van der Waals surface area contributed by atoms with E-state index in [1.807, 2.05) is 0 Å². The monoisotopic (exact) mass is 216 g/mol. The minimum absolute atomic E-state index is 0.0800. The number of hydrogen-bond donors (Lipinski definition) is 0. The van der Waals surface area contributed by atoms with E-state index in [1.165, 1.54) is 0 Å². The van der Waals surface area contributed by atoms with Crippen molar-refractivity contribution in [1.29, 1.82) is 0 Å². The number of hydrogen-bond acceptors (Lipinski definition) is 5. The van der Waals surface area contributed by atoms with Gasteiger partial charge in [-0.3, -0.25) is 14.4 Å². The average Bonchev–Trinajstić information content (AvgIpc) is 1.96. The molecular formula is C10H16O5. The Morgan fingerprint density at radius 2 is 1.47 bits per heavy atom. The molecular weight excluding hydrogens is 200 g/mol. The van der Waals surface area contributed by atoms with E-state index >= 15 is 0 Å². The van der Waals surface area contributed by atoms with Crippen molar-refractivity contribution in [2.45, 2.75) is 46.1 Å². The van der Waals surface area contributed by atoms with Crippen molar-refractivity contribution < 1.29 is 23.9 Å². The molecule has 0 aromatic rings. The van der Waals surface area contributed by atoms with Crippen molar-refractivity contribution in [2.75, 3.05) is 0 Å². The van der Waals surface area contributed by atoms with Crippen molar-refractivity contribution >= 4 is 17.9 Å². The molecule has 0 aromatic heterocycles. The second kappa shape index (κ2) is 5.48. The van der Waals surface area contributed by atoms with E-state index in [2.05, 4.69) is 4.74 Å². The Kier molecular flexibility index (Phi) is 4.97. The Hall–Kier alpha value is -1.39. The van der Waals surface area contributed by atoms with Gasteiger partial charge in [-0.05, 0) is 20.8 Å². The Bertz CT molecular complexity index is 261. The van der Waals surface area contributed by atoms with Crippen LogP contribution < -0.4 is 0 Å². The molecule has 5 heteroatoms. The molecule has 0 saturated heterocycles. The Balaban J connectivity index is 3.82. The number of carbonyl (C=O) groups is 3. The van der Waals surface area contributed by atoms with Crippen LogP contribution in [0.15, 0.2) is 0 Å². The minimum atomic E-state index is -0.714. The molecule has 0 aliphatic heterocycles. The summed E-state index contributed by atoms with van der Waals surface area (Å²) < 4.78 is 9.21. The van der Waals surface area contributed by atoms with Gasteiger partial charge in [0.05, 0.1) is 12.8 Å². The molecule has 5 nitrogen and oxygen atoms in total. The molecule has 0 rings (SSSR count). The van der Waals surface area contributed by atoms with E-state index < -0.39 is 23.5 Å². The van der Waals surface area contributed by atoms with Gasteiger partial charge in [-0.15, -0.1) is 0 Å². The van der Waals surface area contributed by atoms with Crippen molar-refractivity contribution in [3.63, 3.8) is 0 Å². The maximum atomic E-state index is 11.1. The highest BCUT2D eigenvalue weighted by Crippen LogP contribution is 2.09. The van der Waals surface area contributed by atoms with Crippen molar-refractivity contribution in [3.05, 3.63) is 0 Å². The lowest BCUT2D eigenvalue weighted by Gasteiger charge is -2.19. The predicted molar refractivity (Wildman–Crippen MR) is 51.9 cm³/mol. The highest BCUT2D eigenvalue weighted by molar-refractivity contribution is 5.86. The van der Waals surface area contributed by atoms with E-state index in [0.29, 0.717) is 0 Å². The summed E-state index contributed by atoms with van der Waals surface area (Å²) in [4.78, 5) is 32.4. The largest absolute Gasteiger partial charge is 0.460 e. The number of esters is 3. The van der Waals surface area contributed by atoms with Crippen LogP contribution in [-0.4, -0.2) is 23.5 Å². The van der Waals surface area contributed by atoms with Crippen molar-refractivity contribution in [1.82, 2.24) is 0 Å². The van der Waals surface area contributed by atoms with Crippen LogP contribution in [0.25, 0.3) is 0 Å². The van der Waals surface area contributed by atoms with Gasteiger partial charge in [0.25, 0.3) is 0 Å². The van der Waals surface area contributed by atoms with Gasteiger partial charge in [-0.25, -0.2) is 0 Å². The first kappa shape index (κ1) is 13.6. The molecule has 0 atom stereocenters. The summed E-state index contributed by atoms with van der Waals surface area (Å²) in [5, 5.41) is 0. The topological polar surface area (TPSA) is 69.7 Å². The summed E-state index contributed by atoms with van der Waals surface area (Å²) in [5.41, 5.74) is -0.568. The summed E-state index contributed by atoms with van der Waals surface area (Å²) in [5.74, 6) is -1.87. The summed E-state index contributed by atoms with van der Waals surface area (Å²) >= 11 is 0. The van der Waals surface area contributed by atoms with Crippen molar-refractivity contribution in [3.8, 4) is 0 Å². The molecule has 0 radical (unpaired) electrons. The summed E-state index contributed by atoms with van der Waals surface area (Å²) in [6, 6.07) is 0. The lowest BCUT2D eigenvalue weighted by atomic mass is 10.2. The smallest absolute Gasteiger partial charge is 0.314 e. The number of carbonyl (C=O) groups excluding carboxylic acids is 3. The molecule has 86 valence electrons. The first-order valence-electron chi connectivity index (χ1n) is 4.64. The molecule has 0 fully saturated rings. The third-order valence-corrected chi connectivity index (χ3v) is 1.21. The molecule has 0 aliphatic rings. The zero-order valence-electron chi connectivity index (χ0n) is 9.46. The third-order valence-electron chi connectivity index (χ3n) is 1.21. The molecule has 0 heterocycles. The maximum Gasteiger partial charge on any atom is 0.314 e. The third kappa shape index (κ3) is 8.93. The van der Waals surface area contributed by atoms with Gasteiger partial charge in [0.1, 0.15) is 5.60 Å². The molecule has 0 amide bonds. The zero-order chi connectivity index (χ0) is 12.1. The number of ether oxygens (including phenoxy) is 2. The highest BCUT2D eigenvalue weighted by atomic mass is 16.6. The standard InChI is InChI=1S/C10H16O5/c1-7(11)14-8(12)5-6-9(13)15-10(2,3)4/h5-6H2,1-4H3. The molecule has 0 aliphatic carbocycles. The normalized spacial score (nSPS) is 10.7. The van der Waals surface area contributed by atoms with Gasteiger partial charge < -0.3 is 9.47 Å². The van der Waals surface area contributed by atoms with E-state index in [-0.39, 0.29) is 12.8 Å². The minimum Gasteiger partial charge on any atom is -0.460 e. The van der Waals surface area contributed by atoms with Gasteiger partial charge in [0.2, 0.25) is 0 Å². The van der Waals surface area contributed by atoms with E-state index in [0.717, 1.165) is 6.92 Å². The Morgan fingerprint density at radius 3 is 1.87 bits per heavy atom. The lowest BCUT2D eigenvalue weighted by Crippen LogP contribution is -2.24. The average molecular weight is 216 g/mol. The molecule has 0 bridgehead atoms. The zero-order valence-corrected chi connectivity index (χ0v) is 9.46. The van der Waals surface area contributed by atoms with E-state index in [9.17, 15) is 14.4 Å². The maximum absolute atomic E-state index is 11.1. The van der Waals surface area contributed by atoms with Crippen LogP contribution in [-0.2, 0) is 23.9 Å². The second-order valence-corrected chi connectivity index (χ2v) is 4.05. The van der Waals surface area contributed by atoms with Gasteiger partial charge in [-0.2, -0.15) is 0 Å². The van der Waals surface area contributed by atoms with Crippen LogP contribution in [0.3, 0.4) is 0 Å². The predicted octanol–water partition coefficient (Wildman–Crippen LogP) is 1.20. The fourth-order valence-electron chi connectivity index (χ4n) is 0.808. The van der Waals surface area contributed by atoms with Gasteiger partial charge in [0, 0.05) is 6.92 Å². The SMILES string of the molecule is CC(=O)OC(=O)CCC(=O)OC(C)(C)C.